The van der Waals surface area contributed by atoms with Gasteiger partial charge in [0.25, 0.3) is 0 Å². The van der Waals surface area contributed by atoms with E-state index in [9.17, 15) is 23.1 Å². The Bertz CT molecular complexity index is 967. The van der Waals surface area contributed by atoms with Crippen molar-refractivity contribution in [2.75, 3.05) is 11.9 Å². The normalized spacial score (nSPS) is 26.2. The lowest BCUT2D eigenvalue weighted by Crippen LogP contribution is -2.61. The summed E-state index contributed by atoms with van der Waals surface area (Å²) in [4.78, 5) is 13.1. The van der Waals surface area contributed by atoms with Gasteiger partial charge in [-0.25, -0.2) is 13.2 Å². The number of rotatable bonds is 5. The van der Waals surface area contributed by atoms with Crippen molar-refractivity contribution in [3.63, 3.8) is 0 Å². The number of anilines is 2. The number of ketones is 1. The van der Waals surface area contributed by atoms with Crippen LogP contribution in [0.5, 0.6) is 0 Å². The zero-order valence-corrected chi connectivity index (χ0v) is 16.8. The van der Waals surface area contributed by atoms with Crippen molar-refractivity contribution in [3.05, 3.63) is 58.9 Å². The largest absolute Gasteiger partial charge is 0.388 e. The summed E-state index contributed by atoms with van der Waals surface area (Å²) in [6, 6.07) is 6.37. The number of carbonyl (C=O) groups excluding carboxylic acids is 1. The summed E-state index contributed by atoms with van der Waals surface area (Å²) in [5, 5.41) is 16.7. The first-order valence-electron chi connectivity index (χ1n) is 10.3. The van der Waals surface area contributed by atoms with Crippen LogP contribution in [-0.2, 0) is 0 Å². The summed E-state index contributed by atoms with van der Waals surface area (Å²) in [7, 11) is 0. The molecule has 1 aliphatic carbocycles. The Balaban J connectivity index is 1.57. The molecule has 4 rings (SSSR count). The second-order valence-electron chi connectivity index (χ2n) is 8.47. The van der Waals surface area contributed by atoms with Crippen molar-refractivity contribution >= 4 is 17.2 Å². The van der Waals surface area contributed by atoms with Gasteiger partial charge in [-0.3, -0.25) is 4.79 Å². The third kappa shape index (κ3) is 3.84. The summed E-state index contributed by atoms with van der Waals surface area (Å²) in [5.74, 6) is -3.86. The monoisotopic (exact) mass is 418 g/mol. The molecule has 1 unspecified atom stereocenters. The van der Waals surface area contributed by atoms with Crippen molar-refractivity contribution < 1.29 is 23.1 Å². The van der Waals surface area contributed by atoms with Crippen LogP contribution in [0.4, 0.5) is 24.5 Å². The number of hydrogen-bond donors (Lipinski definition) is 3. The van der Waals surface area contributed by atoms with Crippen LogP contribution in [0.25, 0.3) is 0 Å². The lowest BCUT2D eigenvalue weighted by Gasteiger charge is -2.49. The summed E-state index contributed by atoms with van der Waals surface area (Å²) in [6.45, 7) is 2.55. The molecule has 160 valence electrons. The quantitative estimate of drug-likeness (QED) is 0.620. The molecule has 0 radical (unpaired) electrons. The Kier molecular flexibility index (Phi) is 5.59. The lowest BCUT2D eigenvalue weighted by atomic mass is 9.63. The minimum atomic E-state index is -1.23. The van der Waals surface area contributed by atoms with Gasteiger partial charge in [0.15, 0.2) is 17.4 Å². The van der Waals surface area contributed by atoms with Crippen molar-refractivity contribution in [2.24, 2.45) is 5.92 Å². The molecule has 2 aromatic carbocycles. The maximum absolute atomic E-state index is 14.6. The maximum atomic E-state index is 14.6. The predicted molar refractivity (Wildman–Crippen MR) is 108 cm³/mol. The van der Waals surface area contributed by atoms with E-state index in [2.05, 4.69) is 10.6 Å². The van der Waals surface area contributed by atoms with Gasteiger partial charge in [-0.1, -0.05) is 12.5 Å². The molecule has 2 aliphatic rings. The Hall–Kier alpha value is -2.38. The summed E-state index contributed by atoms with van der Waals surface area (Å²) >= 11 is 0. The second kappa shape index (κ2) is 8.04. The molecule has 2 fully saturated rings. The fourth-order valence-electron chi connectivity index (χ4n) is 4.53. The highest BCUT2D eigenvalue weighted by Gasteiger charge is 2.51. The number of halogens is 3. The molecule has 0 bridgehead atoms. The average molecular weight is 418 g/mol. The topological polar surface area (TPSA) is 61.4 Å². The van der Waals surface area contributed by atoms with E-state index in [0.29, 0.717) is 5.56 Å². The molecular weight excluding hydrogens is 393 g/mol. The van der Waals surface area contributed by atoms with Crippen molar-refractivity contribution in [1.29, 1.82) is 0 Å². The molecule has 1 saturated heterocycles. The van der Waals surface area contributed by atoms with Crippen LogP contribution in [0.15, 0.2) is 30.3 Å². The van der Waals surface area contributed by atoms with E-state index in [4.69, 9.17) is 0 Å². The van der Waals surface area contributed by atoms with E-state index < -0.39 is 29.0 Å². The lowest BCUT2D eigenvalue weighted by molar-refractivity contribution is -0.0948. The SMILES string of the molecule is Cc1ccc(Nc2c(C(=O)C3CC(O)(C4CCCCN4)C3)ccc(F)c2F)c(F)c1. The van der Waals surface area contributed by atoms with Gasteiger partial charge in [0, 0.05) is 17.5 Å². The Morgan fingerprint density at radius 2 is 1.90 bits per heavy atom. The zero-order chi connectivity index (χ0) is 21.5. The van der Waals surface area contributed by atoms with Crippen LogP contribution >= 0.6 is 0 Å². The standard InChI is InChI=1S/C23H25F3N2O2/c1-13-5-8-18(17(25)10-13)28-21-15(6-7-16(24)20(21)26)22(29)14-11-23(30,12-14)19-4-2-3-9-27-19/h5-8,10,14,19,27-28,30H,2-4,9,11-12H2,1H3. The van der Waals surface area contributed by atoms with Crippen LogP contribution in [-0.4, -0.2) is 29.1 Å². The summed E-state index contributed by atoms with van der Waals surface area (Å²) in [5.41, 5.74) is -0.753. The number of nitrogens with one attached hydrogen (secondary N) is 2. The first kappa shape index (κ1) is 20.9. The van der Waals surface area contributed by atoms with Crippen LogP contribution in [0.3, 0.4) is 0 Å². The second-order valence-corrected chi connectivity index (χ2v) is 8.47. The fraction of sp³-hybridized carbons (Fsp3) is 0.435. The Labute approximate surface area is 173 Å². The van der Waals surface area contributed by atoms with Gasteiger partial charge in [0.05, 0.1) is 17.0 Å². The number of aliphatic hydroxyl groups is 1. The minimum absolute atomic E-state index is 0.0440. The van der Waals surface area contributed by atoms with E-state index in [-0.39, 0.29) is 41.6 Å². The van der Waals surface area contributed by atoms with E-state index in [1.807, 2.05) is 0 Å². The highest BCUT2D eigenvalue weighted by Crippen LogP contribution is 2.45. The van der Waals surface area contributed by atoms with Gasteiger partial charge in [-0.05, 0) is 69.0 Å². The van der Waals surface area contributed by atoms with Crippen LogP contribution in [0.2, 0.25) is 0 Å². The third-order valence-electron chi connectivity index (χ3n) is 6.27. The molecule has 1 aliphatic heterocycles. The van der Waals surface area contributed by atoms with Gasteiger partial charge in [0.2, 0.25) is 0 Å². The molecule has 1 heterocycles. The molecule has 30 heavy (non-hydrogen) atoms. The molecule has 1 saturated carbocycles. The molecule has 3 N–H and O–H groups in total. The molecule has 4 nitrogen and oxygen atoms in total. The highest BCUT2D eigenvalue weighted by molar-refractivity contribution is 6.04. The maximum Gasteiger partial charge on any atom is 0.182 e. The van der Waals surface area contributed by atoms with E-state index in [0.717, 1.165) is 31.9 Å². The Morgan fingerprint density at radius 1 is 1.13 bits per heavy atom. The van der Waals surface area contributed by atoms with Crippen LogP contribution < -0.4 is 10.6 Å². The average Bonchev–Trinajstić information content (AvgIpc) is 2.71. The smallest absolute Gasteiger partial charge is 0.182 e. The first-order valence-corrected chi connectivity index (χ1v) is 10.3. The van der Waals surface area contributed by atoms with Crippen molar-refractivity contribution in [1.82, 2.24) is 5.32 Å². The van der Waals surface area contributed by atoms with Gasteiger partial charge >= 0.3 is 0 Å². The first-order chi connectivity index (χ1) is 14.3. The predicted octanol–water partition coefficient (Wildman–Crippen LogP) is 4.62. The van der Waals surface area contributed by atoms with Gasteiger partial charge < -0.3 is 15.7 Å². The van der Waals surface area contributed by atoms with Crippen molar-refractivity contribution in [2.45, 2.75) is 50.7 Å². The molecule has 0 aromatic heterocycles. The highest BCUT2D eigenvalue weighted by atomic mass is 19.2. The summed E-state index contributed by atoms with van der Waals surface area (Å²) in [6.07, 6.45) is 3.47. The number of aryl methyl sites for hydroxylation is 1. The van der Waals surface area contributed by atoms with Gasteiger partial charge in [-0.2, -0.15) is 0 Å². The third-order valence-corrected chi connectivity index (χ3v) is 6.27. The number of carbonyl (C=O) groups is 1. The van der Waals surface area contributed by atoms with Crippen molar-refractivity contribution in [3.8, 4) is 0 Å². The molecular formula is C23H25F3N2O2. The zero-order valence-electron chi connectivity index (χ0n) is 16.8. The van der Waals surface area contributed by atoms with E-state index in [1.165, 1.54) is 18.2 Å². The Morgan fingerprint density at radius 3 is 2.57 bits per heavy atom. The minimum Gasteiger partial charge on any atom is -0.388 e. The molecule has 0 amide bonds. The molecule has 1 atom stereocenters. The molecule has 2 aromatic rings. The molecule has 7 heteroatoms. The number of benzene rings is 2. The number of hydrogen-bond acceptors (Lipinski definition) is 4. The fourth-order valence-corrected chi connectivity index (χ4v) is 4.53. The van der Waals surface area contributed by atoms with Crippen LogP contribution in [0.1, 0.15) is 48.0 Å². The van der Waals surface area contributed by atoms with Gasteiger partial charge in [0.1, 0.15) is 5.82 Å². The number of Topliss-reactive ketones (excluding diaryl/α,β-unsaturated/α-hetero) is 1. The number of piperidine rings is 1. The van der Waals surface area contributed by atoms with Crippen LogP contribution in [0, 0.1) is 30.3 Å². The van der Waals surface area contributed by atoms with E-state index >= 15 is 0 Å². The van der Waals surface area contributed by atoms with E-state index in [1.54, 1.807) is 13.0 Å². The van der Waals surface area contributed by atoms with Gasteiger partial charge in [-0.15, -0.1) is 0 Å². The summed E-state index contributed by atoms with van der Waals surface area (Å²) < 4.78 is 42.7. The molecule has 0 spiro atoms.